The Bertz CT molecular complexity index is 1280. The lowest BCUT2D eigenvalue weighted by atomic mass is 9.97. The summed E-state index contributed by atoms with van der Waals surface area (Å²) >= 11 is 6.17. The van der Waals surface area contributed by atoms with E-state index in [0.717, 1.165) is 4.90 Å². The van der Waals surface area contributed by atoms with Crippen molar-refractivity contribution in [2.45, 2.75) is 6.04 Å². The second kappa shape index (κ2) is 8.84. The predicted molar refractivity (Wildman–Crippen MR) is 122 cm³/mol. The molecule has 1 unspecified atom stereocenters. The molecule has 0 bridgehead atoms. The number of aromatic nitrogens is 1. The average Bonchev–Trinajstić information content (AvgIpc) is 3.09. The maximum Gasteiger partial charge on any atom is 0.300 e. The van der Waals surface area contributed by atoms with Gasteiger partial charge in [-0.1, -0.05) is 29.8 Å². The molecule has 2 aromatic carbocycles. The van der Waals surface area contributed by atoms with Crippen molar-refractivity contribution in [1.29, 1.82) is 0 Å². The Labute approximate surface area is 194 Å². The molecule has 8 nitrogen and oxygen atoms in total. The van der Waals surface area contributed by atoms with Crippen LogP contribution in [0.1, 0.15) is 17.3 Å². The third-order valence-electron chi connectivity index (χ3n) is 5.28. The van der Waals surface area contributed by atoms with Crippen LogP contribution >= 0.6 is 11.6 Å². The van der Waals surface area contributed by atoms with Crippen LogP contribution in [-0.4, -0.2) is 41.1 Å². The van der Waals surface area contributed by atoms with Gasteiger partial charge in [0.05, 0.1) is 41.8 Å². The molecule has 0 spiro atoms. The highest BCUT2D eigenvalue weighted by Crippen LogP contribution is 2.45. The van der Waals surface area contributed by atoms with Crippen molar-refractivity contribution in [3.8, 4) is 17.2 Å². The Morgan fingerprint density at radius 1 is 1.03 bits per heavy atom. The number of ketones is 1. The molecule has 168 valence electrons. The number of benzene rings is 2. The monoisotopic (exact) mass is 466 g/mol. The first-order valence-corrected chi connectivity index (χ1v) is 10.2. The number of phenols is 1. The summed E-state index contributed by atoms with van der Waals surface area (Å²) in [5, 5.41) is 22.0. The summed E-state index contributed by atoms with van der Waals surface area (Å²) in [6.07, 6.45) is 1.51. The molecule has 0 aliphatic carbocycles. The molecule has 9 heteroatoms. The minimum absolute atomic E-state index is 0.106. The normalized spacial score (nSPS) is 17.3. The molecule has 1 saturated heterocycles. The summed E-state index contributed by atoms with van der Waals surface area (Å²) in [6.45, 7) is 0. The van der Waals surface area contributed by atoms with Gasteiger partial charge in [0.25, 0.3) is 11.7 Å². The number of amides is 1. The lowest BCUT2D eigenvalue weighted by molar-refractivity contribution is -0.132. The van der Waals surface area contributed by atoms with Crippen molar-refractivity contribution in [3.63, 3.8) is 0 Å². The molecule has 2 heterocycles. The van der Waals surface area contributed by atoms with Crippen LogP contribution in [0.3, 0.4) is 0 Å². The number of halogens is 1. The number of para-hydroxylation sites is 2. The van der Waals surface area contributed by atoms with E-state index in [4.69, 9.17) is 21.1 Å². The van der Waals surface area contributed by atoms with Gasteiger partial charge in [-0.05, 0) is 30.3 Å². The maximum atomic E-state index is 13.2. The van der Waals surface area contributed by atoms with Crippen LogP contribution in [0.5, 0.6) is 17.2 Å². The number of hydrogen-bond acceptors (Lipinski definition) is 7. The average molecular weight is 467 g/mol. The van der Waals surface area contributed by atoms with E-state index in [2.05, 4.69) is 4.98 Å². The van der Waals surface area contributed by atoms with Crippen LogP contribution in [0.2, 0.25) is 5.02 Å². The molecule has 0 radical (unpaired) electrons. The Morgan fingerprint density at radius 2 is 1.73 bits per heavy atom. The minimum Gasteiger partial charge on any atom is -0.507 e. The van der Waals surface area contributed by atoms with E-state index >= 15 is 0 Å². The zero-order chi connectivity index (χ0) is 23.7. The molecule has 1 atom stereocenters. The quantitative estimate of drug-likeness (QED) is 0.331. The fourth-order valence-electron chi connectivity index (χ4n) is 3.76. The van der Waals surface area contributed by atoms with Crippen LogP contribution < -0.4 is 14.4 Å². The van der Waals surface area contributed by atoms with E-state index in [1.807, 2.05) is 0 Å². The lowest BCUT2D eigenvalue weighted by Crippen LogP contribution is -2.29. The molecule has 33 heavy (non-hydrogen) atoms. The molecule has 1 fully saturated rings. The van der Waals surface area contributed by atoms with Gasteiger partial charge >= 0.3 is 0 Å². The Balaban J connectivity index is 2.01. The number of pyridine rings is 1. The van der Waals surface area contributed by atoms with Gasteiger partial charge in [0.2, 0.25) is 0 Å². The zero-order valence-electron chi connectivity index (χ0n) is 17.7. The van der Waals surface area contributed by atoms with E-state index in [-0.39, 0.29) is 39.1 Å². The van der Waals surface area contributed by atoms with Gasteiger partial charge in [0, 0.05) is 12.3 Å². The van der Waals surface area contributed by atoms with E-state index in [1.54, 1.807) is 30.3 Å². The molecule has 4 rings (SSSR count). The number of anilines is 1. The molecule has 2 N–H and O–H groups in total. The second-order valence-corrected chi connectivity index (χ2v) is 7.51. The SMILES string of the molecule is COc1cc(/C(O)=C2\C(=O)C(=O)N(c3ccccc3O)C2c2ccccn2)c(OC)cc1Cl. The number of methoxy groups -OCH3 is 2. The zero-order valence-corrected chi connectivity index (χ0v) is 18.4. The van der Waals surface area contributed by atoms with Crippen molar-refractivity contribution in [2.24, 2.45) is 0 Å². The molecule has 1 aromatic heterocycles. The van der Waals surface area contributed by atoms with E-state index in [9.17, 15) is 19.8 Å². The van der Waals surface area contributed by atoms with Crippen molar-refractivity contribution < 1.29 is 29.3 Å². The highest BCUT2D eigenvalue weighted by Gasteiger charge is 2.48. The van der Waals surface area contributed by atoms with Crippen molar-refractivity contribution >= 4 is 34.7 Å². The predicted octanol–water partition coefficient (Wildman–Crippen LogP) is 4.08. The number of carbonyl (C=O) groups is 2. The number of aliphatic hydroxyl groups is 1. The number of nitrogens with zero attached hydrogens (tertiary/aromatic N) is 2. The van der Waals surface area contributed by atoms with Gasteiger partial charge in [-0.15, -0.1) is 0 Å². The number of ether oxygens (including phenoxy) is 2. The molecule has 1 amide bonds. The number of hydrogen-bond donors (Lipinski definition) is 2. The first kappa shape index (κ1) is 22.2. The van der Waals surface area contributed by atoms with Gasteiger partial charge in [-0.3, -0.25) is 19.5 Å². The van der Waals surface area contributed by atoms with E-state index in [0.29, 0.717) is 5.69 Å². The van der Waals surface area contributed by atoms with Gasteiger partial charge in [0.1, 0.15) is 29.0 Å². The number of carbonyl (C=O) groups excluding carboxylic acids is 2. The van der Waals surface area contributed by atoms with Crippen LogP contribution in [0, 0.1) is 0 Å². The van der Waals surface area contributed by atoms with Gasteiger partial charge in [-0.25, -0.2) is 0 Å². The summed E-state index contributed by atoms with van der Waals surface area (Å²) < 4.78 is 10.6. The molecule has 3 aromatic rings. The topological polar surface area (TPSA) is 109 Å². The largest absolute Gasteiger partial charge is 0.507 e. The fourth-order valence-corrected chi connectivity index (χ4v) is 3.99. The number of phenolic OH excluding ortho intramolecular Hbond substituents is 1. The number of aromatic hydroxyl groups is 1. The van der Waals surface area contributed by atoms with Crippen molar-refractivity contribution in [3.05, 3.63) is 82.6 Å². The van der Waals surface area contributed by atoms with E-state index in [1.165, 1.54) is 44.7 Å². The van der Waals surface area contributed by atoms with Crippen LogP contribution in [0.15, 0.2) is 66.4 Å². The number of aliphatic hydroxyl groups excluding tert-OH is 1. The van der Waals surface area contributed by atoms with Crippen LogP contribution in [0.4, 0.5) is 5.69 Å². The van der Waals surface area contributed by atoms with Gasteiger partial charge in [-0.2, -0.15) is 0 Å². The fraction of sp³-hybridized carbons (Fsp3) is 0.125. The maximum absolute atomic E-state index is 13.2. The molecule has 1 aliphatic heterocycles. The molecular formula is C24H19ClN2O6. The minimum atomic E-state index is -1.11. The summed E-state index contributed by atoms with van der Waals surface area (Å²) in [7, 11) is 2.79. The number of Topliss-reactive ketones (excluding diaryl/α,β-unsaturated/α-hetero) is 1. The standard InChI is InChI=1S/C24H19ClN2O6/c1-32-18-12-14(25)19(33-2)11-13(18)22(29)20-21(15-7-5-6-10-26-15)27(24(31)23(20)30)16-8-3-4-9-17(16)28/h3-12,21,28-29H,1-2H3/b22-20+. The van der Waals surface area contributed by atoms with Gasteiger partial charge in [0.15, 0.2) is 0 Å². The summed E-state index contributed by atoms with van der Waals surface area (Å²) in [6, 6.07) is 12.9. The lowest BCUT2D eigenvalue weighted by Gasteiger charge is -2.25. The Morgan fingerprint density at radius 3 is 2.36 bits per heavy atom. The number of rotatable bonds is 5. The van der Waals surface area contributed by atoms with Crippen molar-refractivity contribution in [2.75, 3.05) is 19.1 Å². The highest BCUT2D eigenvalue weighted by atomic mass is 35.5. The molecule has 1 aliphatic rings. The third-order valence-corrected chi connectivity index (χ3v) is 5.58. The summed E-state index contributed by atoms with van der Waals surface area (Å²) in [5.41, 5.74) is 0.316. The molecular weight excluding hydrogens is 448 g/mol. The smallest absolute Gasteiger partial charge is 0.300 e. The van der Waals surface area contributed by atoms with Crippen molar-refractivity contribution in [1.82, 2.24) is 4.98 Å². The summed E-state index contributed by atoms with van der Waals surface area (Å²) in [4.78, 5) is 31.8. The van der Waals surface area contributed by atoms with Crippen LogP contribution in [0.25, 0.3) is 5.76 Å². The summed E-state index contributed by atoms with van der Waals surface area (Å²) in [5.74, 6) is -2.15. The third kappa shape index (κ3) is 3.74. The molecule has 0 saturated carbocycles. The van der Waals surface area contributed by atoms with E-state index < -0.39 is 23.5 Å². The van der Waals surface area contributed by atoms with Gasteiger partial charge < -0.3 is 19.7 Å². The first-order chi connectivity index (χ1) is 15.9. The van der Waals surface area contributed by atoms with Crippen LogP contribution in [-0.2, 0) is 9.59 Å². The highest BCUT2D eigenvalue weighted by molar-refractivity contribution is 6.52. The second-order valence-electron chi connectivity index (χ2n) is 7.10. The Hall–Kier alpha value is -4.04. The first-order valence-electron chi connectivity index (χ1n) is 9.80. The Kier molecular flexibility index (Phi) is 5.93.